The zero-order chi connectivity index (χ0) is 22.9. The van der Waals surface area contributed by atoms with Crippen LogP contribution in [0.5, 0.6) is 0 Å². The van der Waals surface area contributed by atoms with Gasteiger partial charge in [-0.15, -0.1) is 0 Å². The Balaban J connectivity index is 1.32. The van der Waals surface area contributed by atoms with Gasteiger partial charge in [0.25, 0.3) is 0 Å². The van der Waals surface area contributed by atoms with E-state index in [1.165, 1.54) is 0 Å². The fourth-order valence-electron chi connectivity index (χ4n) is 4.30. The van der Waals surface area contributed by atoms with E-state index in [4.69, 9.17) is 32.8 Å². The lowest BCUT2D eigenvalue weighted by molar-refractivity contribution is 0.0690. The number of hydrogen-bond acceptors (Lipinski definition) is 5. The summed E-state index contributed by atoms with van der Waals surface area (Å²) in [6.45, 7) is 1.76. The van der Waals surface area contributed by atoms with Crippen molar-refractivity contribution in [1.29, 1.82) is 0 Å². The molecule has 0 bridgehead atoms. The molecule has 0 radical (unpaired) electrons. The van der Waals surface area contributed by atoms with Crippen LogP contribution in [-0.2, 0) is 0 Å². The summed E-state index contributed by atoms with van der Waals surface area (Å²) in [5, 5.41) is 14.5. The Labute approximate surface area is 201 Å². The molecular formula is C25H23Cl2N3O3. The second-order valence-electron chi connectivity index (χ2n) is 8.57. The van der Waals surface area contributed by atoms with E-state index in [2.05, 4.69) is 27.2 Å². The van der Waals surface area contributed by atoms with Crippen molar-refractivity contribution in [3.8, 4) is 11.3 Å². The third-order valence-electron chi connectivity index (χ3n) is 6.31. The van der Waals surface area contributed by atoms with Crippen LogP contribution in [0.15, 0.2) is 47.1 Å². The molecule has 0 spiro atoms. The Morgan fingerprint density at radius 3 is 2.42 bits per heavy atom. The molecule has 5 rings (SSSR count). The van der Waals surface area contributed by atoms with Gasteiger partial charge >= 0.3 is 5.97 Å². The van der Waals surface area contributed by atoms with Gasteiger partial charge in [0.05, 0.1) is 21.9 Å². The normalized spacial score (nSPS) is 17.1. The molecule has 2 aliphatic rings. The highest BCUT2D eigenvalue weighted by Crippen LogP contribution is 2.46. The van der Waals surface area contributed by atoms with E-state index < -0.39 is 5.97 Å². The van der Waals surface area contributed by atoms with E-state index in [1.807, 2.05) is 24.3 Å². The van der Waals surface area contributed by atoms with Gasteiger partial charge in [-0.3, -0.25) is 0 Å². The SMILES string of the molecule is O=C(O)c1ccc(N2CCC(/C=C/c3c(-c4c(Cl)cccc4Cl)noc3C3CC3)CC2)cn1. The van der Waals surface area contributed by atoms with Gasteiger partial charge in [-0.2, -0.15) is 0 Å². The van der Waals surface area contributed by atoms with Crippen molar-refractivity contribution in [3.05, 3.63) is 69.7 Å². The number of anilines is 1. The van der Waals surface area contributed by atoms with Crippen LogP contribution in [0.2, 0.25) is 10.0 Å². The van der Waals surface area contributed by atoms with Crippen LogP contribution in [0.4, 0.5) is 5.69 Å². The number of benzene rings is 1. The van der Waals surface area contributed by atoms with Crippen LogP contribution in [-0.4, -0.2) is 34.3 Å². The summed E-state index contributed by atoms with van der Waals surface area (Å²) in [6, 6.07) is 8.83. The molecule has 3 aromatic rings. The monoisotopic (exact) mass is 483 g/mol. The third-order valence-corrected chi connectivity index (χ3v) is 6.94. The molecule has 1 saturated carbocycles. The molecule has 8 heteroatoms. The quantitative estimate of drug-likeness (QED) is 0.428. The van der Waals surface area contributed by atoms with Crippen molar-refractivity contribution >= 4 is 40.9 Å². The van der Waals surface area contributed by atoms with Crippen LogP contribution >= 0.6 is 23.2 Å². The number of allylic oxidation sites excluding steroid dienone is 1. The van der Waals surface area contributed by atoms with Gasteiger partial charge in [0.15, 0.2) is 0 Å². The highest BCUT2D eigenvalue weighted by molar-refractivity contribution is 6.39. The third kappa shape index (κ3) is 4.63. The zero-order valence-electron chi connectivity index (χ0n) is 17.9. The molecule has 6 nitrogen and oxygen atoms in total. The number of carboxylic acids is 1. The average Bonchev–Trinajstić information content (AvgIpc) is 3.58. The molecule has 1 N–H and O–H groups in total. The number of pyridine rings is 1. The summed E-state index contributed by atoms with van der Waals surface area (Å²) in [6.07, 6.45) is 10.2. The van der Waals surface area contributed by atoms with E-state index in [1.54, 1.807) is 12.3 Å². The van der Waals surface area contributed by atoms with E-state index in [-0.39, 0.29) is 5.69 Å². The molecule has 0 unspecified atom stereocenters. The van der Waals surface area contributed by atoms with Crippen molar-refractivity contribution in [2.45, 2.75) is 31.6 Å². The Morgan fingerprint density at radius 2 is 1.82 bits per heavy atom. The Morgan fingerprint density at radius 1 is 1.09 bits per heavy atom. The van der Waals surface area contributed by atoms with Crippen molar-refractivity contribution < 1.29 is 14.4 Å². The zero-order valence-corrected chi connectivity index (χ0v) is 19.4. The smallest absolute Gasteiger partial charge is 0.354 e. The topological polar surface area (TPSA) is 79.5 Å². The maximum atomic E-state index is 11.0. The lowest BCUT2D eigenvalue weighted by Crippen LogP contribution is -2.33. The molecule has 33 heavy (non-hydrogen) atoms. The minimum Gasteiger partial charge on any atom is -0.477 e. The summed E-state index contributed by atoms with van der Waals surface area (Å²) < 4.78 is 5.75. The second-order valence-corrected chi connectivity index (χ2v) is 9.38. The van der Waals surface area contributed by atoms with Gasteiger partial charge in [-0.05, 0) is 55.9 Å². The molecule has 2 fully saturated rings. The summed E-state index contributed by atoms with van der Waals surface area (Å²) >= 11 is 12.9. The van der Waals surface area contributed by atoms with Crippen molar-refractivity contribution in [2.75, 3.05) is 18.0 Å². The Kier molecular flexibility index (Phi) is 6.13. The molecule has 1 aliphatic heterocycles. The summed E-state index contributed by atoms with van der Waals surface area (Å²) in [5.74, 6) is 0.737. The Bertz CT molecular complexity index is 1170. The van der Waals surface area contributed by atoms with E-state index in [9.17, 15) is 4.79 Å². The van der Waals surface area contributed by atoms with Gasteiger partial charge in [-0.1, -0.05) is 46.6 Å². The van der Waals surface area contributed by atoms with Gasteiger partial charge in [0, 0.05) is 30.1 Å². The number of nitrogens with zero attached hydrogens (tertiary/aromatic N) is 3. The average molecular weight is 484 g/mol. The number of aromatic carboxylic acids is 1. The Hall–Kier alpha value is -2.83. The van der Waals surface area contributed by atoms with Crippen LogP contribution in [0.3, 0.4) is 0 Å². The largest absolute Gasteiger partial charge is 0.477 e. The van der Waals surface area contributed by atoms with Gasteiger partial charge in [0.2, 0.25) is 0 Å². The van der Waals surface area contributed by atoms with Crippen LogP contribution in [0, 0.1) is 5.92 Å². The number of rotatable bonds is 6. The van der Waals surface area contributed by atoms with Crippen LogP contribution < -0.4 is 4.90 Å². The minimum atomic E-state index is -1.01. The number of carboxylic acid groups (broad SMARTS) is 1. The summed E-state index contributed by atoms with van der Waals surface area (Å²) in [7, 11) is 0. The van der Waals surface area contributed by atoms with Crippen molar-refractivity contribution in [3.63, 3.8) is 0 Å². The first kappa shape index (κ1) is 22.0. The lowest BCUT2D eigenvalue weighted by Gasteiger charge is -2.32. The van der Waals surface area contributed by atoms with Crippen molar-refractivity contribution in [2.24, 2.45) is 5.92 Å². The predicted octanol–water partition coefficient (Wildman–Crippen LogP) is 6.55. The van der Waals surface area contributed by atoms with E-state index in [0.717, 1.165) is 55.8 Å². The molecule has 1 aromatic carbocycles. The molecule has 170 valence electrons. The first-order valence-corrected chi connectivity index (χ1v) is 11.8. The van der Waals surface area contributed by atoms with Gasteiger partial charge in [-0.25, -0.2) is 9.78 Å². The summed E-state index contributed by atoms with van der Waals surface area (Å²) in [4.78, 5) is 17.3. The molecule has 2 aromatic heterocycles. The molecule has 0 amide bonds. The second kappa shape index (κ2) is 9.20. The van der Waals surface area contributed by atoms with Gasteiger partial charge in [0.1, 0.15) is 17.1 Å². The van der Waals surface area contributed by atoms with E-state index in [0.29, 0.717) is 33.1 Å². The maximum Gasteiger partial charge on any atom is 0.354 e. The van der Waals surface area contributed by atoms with Crippen molar-refractivity contribution in [1.82, 2.24) is 10.1 Å². The number of aromatic nitrogens is 2. The number of carbonyl (C=O) groups is 1. The van der Waals surface area contributed by atoms with E-state index >= 15 is 0 Å². The number of halogens is 2. The molecular weight excluding hydrogens is 461 g/mol. The molecule has 1 saturated heterocycles. The fourth-order valence-corrected chi connectivity index (χ4v) is 4.87. The molecule has 3 heterocycles. The molecule has 1 aliphatic carbocycles. The highest BCUT2D eigenvalue weighted by Gasteiger charge is 2.32. The minimum absolute atomic E-state index is 0.0613. The fraction of sp³-hybridized carbons (Fsp3) is 0.320. The maximum absolute atomic E-state index is 11.0. The number of piperidine rings is 1. The lowest BCUT2D eigenvalue weighted by atomic mass is 9.94. The highest BCUT2D eigenvalue weighted by atomic mass is 35.5. The standard InChI is InChI=1S/C25H23Cl2N3O3/c26-19-2-1-3-20(27)22(19)23-18(24(33-29-23)16-5-6-16)8-4-15-10-12-30(13-11-15)17-7-9-21(25(31)32)28-14-17/h1-4,7-9,14-16H,5-6,10-13H2,(H,31,32)/b8-4+. The summed E-state index contributed by atoms with van der Waals surface area (Å²) in [5.41, 5.74) is 3.40. The predicted molar refractivity (Wildman–Crippen MR) is 129 cm³/mol. The first-order chi connectivity index (χ1) is 16.0. The number of hydrogen-bond donors (Lipinski definition) is 1. The molecule has 0 atom stereocenters. The van der Waals surface area contributed by atoms with Crippen LogP contribution in [0.25, 0.3) is 17.3 Å². The van der Waals surface area contributed by atoms with Gasteiger partial charge < -0.3 is 14.5 Å². The van der Waals surface area contributed by atoms with Crippen LogP contribution in [0.1, 0.15) is 53.4 Å². The first-order valence-electron chi connectivity index (χ1n) is 11.1.